The Morgan fingerprint density at radius 2 is 1.76 bits per heavy atom. The fourth-order valence-electron chi connectivity index (χ4n) is 2.80. The summed E-state index contributed by atoms with van der Waals surface area (Å²) in [7, 11) is 0. The molecule has 0 fully saturated rings. The van der Waals surface area contributed by atoms with Crippen molar-refractivity contribution in [3.63, 3.8) is 0 Å². The number of aryl methyl sites for hydroxylation is 1. The van der Waals surface area contributed by atoms with Crippen LogP contribution in [0.15, 0.2) is 77.3 Å². The molecule has 0 aliphatic rings. The Morgan fingerprint density at radius 3 is 2.45 bits per heavy atom. The zero-order valence-electron chi connectivity index (χ0n) is 15.4. The van der Waals surface area contributed by atoms with Crippen molar-refractivity contribution >= 4 is 39.1 Å². The summed E-state index contributed by atoms with van der Waals surface area (Å²) in [5, 5.41) is 7.91. The number of hydrogen-bond acceptors (Lipinski definition) is 3. The van der Waals surface area contributed by atoms with Crippen molar-refractivity contribution < 1.29 is 4.79 Å². The average molecular weight is 468 g/mol. The first-order chi connectivity index (χ1) is 14.0. The van der Waals surface area contributed by atoms with Crippen molar-refractivity contribution in [1.29, 1.82) is 0 Å². The molecule has 0 saturated carbocycles. The van der Waals surface area contributed by atoms with E-state index in [1.165, 1.54) is 0 Å². The van der Waals surface area contributed by atoms with Crippen LogP contribution in [0.3, 0.4) is 0 Å². The van der Waals surface area contributed by atoms with Gasteiger partial charge in [-0.2, -0.15) is 0 Å². The number of benzene rings is 3. The van der Waals surface area contributed by atoms with Gasteiger partial charge in [0.1, 0.15) is 0 Å². The van der Waals surface area contributed by atoms with Crippen LogP contribution >= 0.6 is 27.5 Å². The fraction of sp³-hybridized carbons (Fsp3) is 0.0455. The molecule has 0 aliphatic carbocycles. The first-order valence-electron chi connectivity index (χ1n) is 8.87. The molecule has 0 bridgehead atoms. The molecule has 0 atom stereocenters. The van der Waals surface area contributed by atoms with Gasteiger partial charge in [0.05, 0.1) is 5.69 Å². The molecule has 29 heavy (non-hydrogen) atoms. The van der Waals surface area contributed by atoms with E-state index in [0.717, 1.165) is 21.3 Å². The molecule has 1 heterocycles. The first kappa shape index (κ1) is 19.4. The van der Waals surface area contributed by atoms with Crippen LogP contribution in [-0.2, 0) is 0 Å². The molecular formula is C22H16BrClN4O. The lowest BCUT2D eigenvalue weighted by Crippen LogP contribution is -2.14. The van der Waals surface area contributed by atoms with Crippen molar-refractivity contribution in [3.05, 3.63) is 93.7 Å². The van der Waals surface area contributed by atoms with Crippen LogP contribution < -0.4 is 5.32 Å². The van der Waals surface area contributed by atoms with Gasteiger partial charge in [0, 0.05) is 20.7 Å². The summed E-state index contributed by atoms with van der Waals surface area (Å²) in [6.07, 6.45) is 0. The lowest BCUT2D eigenvalue weighted by molar-refractivity contribution is 0.101. The van der Waals surface area contributed by atoms with Gasteiger partial charge < -0.3 is 5.32 Å². The summed E-state index contributed by atoms with van der Waals surface area (Å²) in [4.78, 5) is 17.3. The molecule has 4 rings (SSSR count). The lowest BCUT2D eigenvalue weighted by Gasteiger charge is -2.07. The quantitative estimate of drug-likeness (QED) is 0.406. The molecule has 0 unspecified atom stereocenters. The highest BCUT2D eigenvalue weighted by atomic mass is 79.9. The Labute approximate surface area is 181 Å². The molecule has 0 spiro atoms. The summed E-state index contributed by atoms with van der Waals surface area (Å²) >= 11 is 9.75. The molecule has 1 amide bonds. The second kappa shape index (κ2) is 8.19. The topological polar surface area (TPSA) is 59.8 Å². The molecule has 3 aromatic carbocycles. The highest BCUT2D eigenvalue weighted by Gasteiger charge is 2.19. The Balaban J connectivity index is 1.78. The largest absolute Gasteiger partial charge is 0.319 e. The third-order valence-corrected chi connectivity index (χ3v) is 5.28. The van der Waals surface area contributed by atoms with Gasteiger partial charge in [-0.1, -0.05) is 63.9 Å². The number of para-hydroxylation sites is 1. The van der Waals surface area contributed by atoms with Gasteiger partial charge >= 0.3 is 0 Å². The summed E-state index contributed by atoms with van der Waals surface area (Å²) < 4.78 is 2.59. The second-order valence-corrected chi connectivity index (χ2v) is 7.75. The van der Waals surface area contributed by atoms with Crippen LogP contribution in [-0.4, -0.2) is 20.7 Å². The van der Waals surface area contributed by atoms with Crippen molar-refractivity contribution in [1.82, 2.24) is 14.8 Å². The third-order valence-electron chi connectivity index (χ3n) is 4.34. The maximum atomic E-state index is 12.7. The highest BCUT2D eigenvalue weighted by molar-refractivity contribution is 9.10. The Morgan fingerprint density at radius 1 is 1.03 bits per heavy atom. The summed E-state index contributed by atoms with van der Waals surface area (Å²) in [6.45, 7) is 1.93. The Bertz CT molecular complexity index is 1170. The summed E-state index contributed by atoms with van der Waals surface area (Å²) in [6, 6.07) is 22.5. The van der Waals surface area contributed by atoms with E-state index in [9.17, 15) is 4.79 Å². The van der Waals surface area contributed by atoms with E-state index >= 15 is 0 Å². The zero-order valence-corrected chi connectivity index (χ0v) is 17.8. The number of halogens is 2. The van der Waals surface area contributed by atoms with Crippen molar-refractivity contribution in [3.8, 4) is 17.1 Å². The fourth-order valence-corrected chi connectivity index (χ4v) is 3.24. The molecule has 144 valence electrons. The number of anilines is 1. The van der Waals surface area contributed by atoms with Crippen LogP contribution in [0.25, 0.3) is 17.1 Å². The number of amides is 1. The second-order valence-electron chi connectivity index (χ2n) is 6.43. The molecule has 0 aliphatic heterocycles. The molecule has 4 aromatic rings. The minimum absolute atomic E-state index is 0.0727. The van der Waals surface area contributed by atoms with Gasteiger partial charge in [-0.3, -0.25) is 4.79 Å². The van der Waals surface area contributed by atoms with Crippen LogP contribution in [0.5, 0.6) is 0 Å². The van der Waals surface area contributed by atoms with Crippen LogP contribution in [0.4, 0.5) is 5.69 Å². The maximum absolute atomic E-state index is 12.7. The molecule has 0 radical (unpaired) electrons. The molecule has 0 saturated heterocycles. The van der Waals surface area contributed by atoms with Gasteiger partial charge in [-0.05, 0) is 48.9 Å². The van der Waals surface area contributed by atoms with E-state index in [-0.39, 0.29) is 11.7 Å². The predicted octanol–water partition coefficient (Wildman–Crippen LogP) is 5.91. The van der Waals surface area contributed by atoms with Crippen molar-refractivity contribution in [2.75, 3.05) is 5.32 Å². The maximum Gasteiger partial charge on any atom is 0.295 e. The van der Waals surface area contributed by atoms with Crippen LogP contribution in [0.2, 0.25) is 5.02 Å². The Hall–Kier alpha value is -2.96. The van der Waals surface area contributed by atoms with E-state index in [2.05, 4.69) is 31.3 Å². The van der Waals surface area contributed by atoms with E-state index in [1.807, 2.05) is 79.7 Å². The SMILES string of the molecule is Cc1ccc(-n2nc(C(=O)Nc3ccccc3)nc2-c2ccc(Br)cc2)cc1Cl. The minimum Gasteiger partial charge on any atom is -0.319 e. The van der Waals surface area contributed by atoms with Crippen molar-refractivity contribution in [2.45, 2.75) is 6.92 Å². The molecule has 7 heteroatoms. The molecule has 1 N–H and O–H groups in total. The molecule has 1 aromatic heterocycles. The number of hydrogen-bond donors (Lipinski definition) is 1. The van der Waals surface area contributed by atoms with Gasteiger partial charge in [0.15, 0.2) is 5.82 Å². The number of rotatable bonds is 4. The standard InChI is InChI=1S/C22H16BrClN4O/c1-14-7-12-18(13-19(14)24)28-21(15-8-10-16(23)11-9-15)26-20(27-28)22(29)25-17-5-3-2-4-6-17/h2-13H,1H3,(H,25,29). The number of nitrogens with zero attached hydrogens (tertiary/aromatic N) is 3. The number of nitrogens with one attached hydrogen (secondary N) is 1. The molecule has 5 nitrogen and oxygen atoms in total. The number of aromatic nitrogens is 3. The van der Waals surface area contributed by atoms with Gasteiger partial charge in [-0.15, -0.1) is 5.10 Å². The van der Waals surface area contributed by atoms with E-state index < -0.39 is 0 Å². The zero-order chi connectivity index (χ0) is 20.4. The highest BCUT2D eigenvalue weighted by Crippen LogP contribution is 2.26. The molecular weight excluding hydrogens is 452 g/mol. The van der Waals surface area contributed by atoms with Crippen molar-refractivity contribution in [2.24, 2.45) is 0 Å². The van der Waals surface area contributed by atoms with E-state index in [4.69, 9.17) is 11.6 Å². The number of carbonyl (C=O) groups excluding carboxylic acids is 1. The van der Waals surface area contributed by atoms with Gasteiger partial charge in [0.25, 0.3) is 5.91 Å². The summed E-state index contributed by atoms with van der Waals surface area (Å²) in [5.74, 6) is 0.241. The van der Waals surface area contributed by atoms with Crippen LogP contribution in [0.1, 0.15) is 16.2 Å². The monoisotopic (exact) mass is 466 g/mol. The average Bonchev–Trinajstić information content (AvgIpc) is 3.17. The lowest BCUT2D eigenvalue weighted by atomic mass is 10.2. The normalized spacial score (nSPS) is 10.7. The van der Waals surface area contributed by atoms with E-state index in [0.29, 0.717) is 16.5 Å². The van der Waals surface area contributed by atoms with Gasteiger partial charge in [0.2, 0.25) is 5.82 Å². The van der Waals surface area contributed by atoms with Crippen LogP contribution in [0, 0.1) is 6.92 Å². The van der Waals surface area contributed by atoms with E-state index in [1.54, 1.807) is 4.68 Å². The third kappa shape index (κ3) is 4.23. The van der Waals surface area contributed by atoms with Gasteiger partial charge in [-0.25, -0.2) is 9.67 Å². The smallest absolute Gasteiger partial charge is 0.295 e. The number of carbonyl (C=O) groups is 1. The predicted molar refractivity (Wildman–Crippen MR) is 119 cm³/mol. The minimum atomic E-state index is -0.383. The summed E-state index contributed by atoms with van der Waals surface area (Å²) in [5.41, 5.74) is 3.20. The Kier molecular flexibility index (Phi) is 5.47. The first-order valence-corrected chi connectivity index (χ1v) is 10.0.